The van der Waals surface area contributed by atoms with Crippen molar-refractivity contribution in [3.63, 3.8) is 0 Å². The summed E-state index contributed by atoms with van der Waals surface area (Å²) in [5, 5.41) is 0. The van der Waals surface area contributed by atoms with E-state index in [0.717, 1.165) is 19.3 Å². The van der Waals surface area contributed by atoms with Gasteiger partial charge in [-0.25, -0.2) is 0 Å². The number of hydrogen-bond donors (Lipinski definition) is 1. The Hall–Kier alpha value is -1.03. The molecule has 0 aliphatic heterocycles. The molecule has 21 heavy (non-hydrogen) atoms. The minimum atomic E-state index is -4.32. The molecule has 1 aromatic rings. The third-order valence-corrected chi connectivity index (χ3v) is 5.02. The van der Waals surface area contributed by atoms with Crippen molar-refractivity contribution in [3.05, 3.63) is 35.4 Å². The highest BCUT2D eigenvalue weighted by molar-refractivity contribution is 5.36. The molecule has 3 atom stereocenters. The van der Waals surface area contributed by atoms with Crippen LogP contribution in [0.25, 0.3) is 0 Å². The third-order valence-electron chi connectivity index (χ3n) is 5.02. The van der Waals surface area contributed by atoms with Gasteiger partial charge in [0.1, 0.15) is 0 Å². The van der Waals surface area contributed by atoms with Crippen LogP contribution in [-0.2, 0) is 11.6 Å². The molecular weight excluding hydrogens is 275 g/mol. The van der Waals surface area contributed by atoms with Crippen molar-refractivity contribution < 1.29 is 13.2 Å². The van der Waals surface area contributed by atoms with Gasteiger partial charge in [0.05, 0.1) is 5.56 Å². The number of hydrogen-bond acceptors (Lipinski definition) is 1. The van der Waals surface area contributed by atoms with Crippen molar-refractivity contribution >= 4 is 0 Å². The molecule has 0 saturated heterocycles. The van der Waals surface area contributed by atoms with Crippen molar-refractivity contribution in [1.82, 2.24) is 0 Å². The van der Waals surface area contributed by atoms with Gasteiger partial charge in [-0.15, -0.1) is 0 Å². The number of rotatable bonds is 2. The molecule has 0 aromatic heterocycles. The minimum Gasteiger partial charge on any atom is -0.327 e. The molecular formula is C17H24F3N. The summed E-state index contributed by atoms with van der Waals surface area (Å²) in [6.45, 7) is 5.96. The minimum absolute atomic E-state index is 0.0370. The second kappa shape index (κ2) is 5.64. The Balaban J connectivity index is 2.40. The second-order valence-corrected chi connectivity index (χ2v) is 6.95. The smallest absolute Gasteiger partial charge is 0.327 e. The van der Waals surface area contributed by atoms with Crippen LogP contribution in [0.2, 0.25) is 0 Å². The van der Waals surface area contributed by atoms with E-state index in [1.807, 2.05) is 13.8 Å². The second-order valence-electron chi connectivity index (χ2n) is 6.95. The molecule has 0 amide bonds. The predicted molar refractivity (Wildman–Crippen MR) is 79.0 cm³/mol. The van der Waals surface area contributed by atoms with Gasteiger partial charge in [-0.2, -0.15) is 13.2 Å². The van der Waals surface area contributed by atoms with E-state index in [4.69, 9.17) is 5.73 Å². The molecule has 118 valence electrons. The van der Waals surface area contributed by atoms with Crippen LogP contribution in [0.4, 0.5) is 13.2 Å². The van der Waals surface area contributed by atoms with Gasteiger partial charge in [0.15, 0.2) is 0 Å². The van der Waals surface area contributed by atoms with Crippen LogP contribution in [0.3, 0.4) is 0 Å². The van der Waals surface area contributed by atoms with Crippen molar-refractivity contribution in [2.75, 3.05) is 0 Å². The van der Waals surface area contributed by atoms with E-state index in [1.165, 1.54) is 12.1 Å². The molecule has 3 unspecified atom stereocenters. The van der Waals surface area contributed by atoms with E-state index in [0.29, 0.717) is 11.5 Å². The van der Waals surface area contributed by atoms with Gasteiger partial charge in [-0.05, 0) is 41.7 Å². The molecule has 2 N–H and O–H groups in total. The monoisotopic (exact) mass is 299 g/mol. The maximum atomic E-state index is 13.3. The van der Waals surface area contributed by atoms with Gasteiger partial charge in [0.25, 0.3) is 0 Å². The highest BCUT2D eigenvalue weighted by Gasteiger charge is 2.43. The van der Waals surface area contributed by atoms with Crippen molar-refractivity contribution in [3.8, 4) is 0 Å². The molecule has 0 spiro atoms. The lowest BCUT2D eigenvalue weighted by Crippen LogP contribution is -2.46. The molecule has 1 aromatic carbocycles. The predicted octanol–water partition coefficient (Wildman–Crippen LogP) is 4.75. The van der Waals surface area contributed by atoms with Gasteiger partial charge < -0.3 is 5.73 Å². The first kappa shape index (κ1) is 16.3. The van der Waals surface area contributed by atoms with Crippen molar-refractivity contribution in [2.45, 2.75) is 57.7 Å². The number of halogens is 3. The molecule has 1 aliphatic carbocycles. The number of alkyl halides is 3. The summed E-state index contributed by atoms with van der Waals surface area (Å²) >= 11 is 0. The van der Waals surface area contributed by atoms with E-state index in [-0.39, 0.29) is 12.0 Å². The molecule has 1 nitrogen and oxygen atoms in total. The Morgan fingerprint density at radius 3 is 2.14 bits per heavy atom. The Bertz CT molecular complexity index is 493. The van der Waals surface area contributed by atoms with E-state index >= 15 is 0 Å². The van der Waals surface area contributed by atoms with Crippen LogP contribution >= 0.6 is 0 Å². The van der Waals surface area contributed by atoms with Crippen LogP contribution < -0.4 is 5.73 Å². The van der Waals surface area contributed by atoms with Crippen LogP contribution in [0, 0.1) is 11.8 Å². The first-order valence-corrected chi connectivity index (χ1v) is 7.56. The zero-order valence-corrected chi connectivity index (χ0v) is 12.9. The Labute approximate surface area is 124 Å². The fourth-order valence-corrected chi connectivity index (χ4v) is 3.81. The van der Waals surface area contributed by atoms with Crippen LogP contribution in [-0.4, -0.2) is 6.04 Å². The first-order chi connectivity index (χ1) is 9.64. The van der Waals surface area contributed by atoms with E-state index in [1.54, 1.807) is 12.1 Å². The largest absolute Gasteiger partial charge is 0.416 e. The molecule has 1 fully saturated rings. The van der Waals surface area contributed by atoms with Gasteiger partial charge >= 0.3 is 6.18 Å². The van der Waals surface area contributed by atoms with Gasteiger partial charge in [-0.1, -0.05) is 45.4 Å². The van der Waals surface area contributed by atoms with Crippen molar-refractivity contribution in [2.24, 2.45) is 17.6 Å². The van der Waals surface area contributed by atoms with Crippen LogP contribution in [0.1, 0.15) is 51.2 Å². The lowest BCUT2D eigenvalue weighted by atomic mass is 9.63. The summed E-state index contributed by atoms with van der Waals surface area (Å²) in [5.74, 6) is 0.641. The summed E-state index contributed by atoms with van der Waals surface area (Å²) in [5.41, 5.74) is 5.53. The van der Waals surface area contributed by atoms with Gasteiger partial charge in [-0.3, -0.25) is 0 Å². The SMILES string of the molecule is CC1CCC(C(C)(C)c2ccccc2C(F)(F)F)C(N)C1. The highest BCUT2D eigenvalue weighted by atomic mass is 19.4. The van der Waals surface area contributed by atoms with Crippen molar-refractivity contribution in [1.29, 1.82) is 0 Å². The highest BCUT2D eigenvalue weighted by Crippen LogP contribution is 2.45. The molecule has 0 radical (unpaired) electrons. The summed E-state index contributed by atoms with van der Waals surface area (Å²) in [6, 6.07) is 5.88. The maximum Gasteiger partial charge on any atom is 0.416 e. The molecule has 1 saturated carbocycles. The van der Waals surface area contributed by atoms with E-state index in [2.05, 4.69) is 6.92 Å². The standard InChI is InChI=1S/C17H24F3N/c1-11-8-9-14(15(21)10-11)16(2,3)12-6-4-5-7-13(12)17(18,19)20/h4-7,11,14-15H,8-10,21H2,1-3H3. The summed E-state index contributed by atoms with van der Waals surface area (Å²) in [6.07, 6.45) is -1.50. The average Bonchev–Trinajstić information content (AvgIpc) is 2.37. The Kier molecular flexibility index (Phi) is 4.39. The lowest BCUT2D eigenvalue weighted by Gasteiger charge is -2.44. The molecule has 2 rings (SSSR count). The molecule has 1 aliphatic rings. The summed E-state index contributed by atoms with van der Waals surface area (Å²) in [4.78, 5) is 0. The first-order valence-electron chi connectivity index (χ1n) is 7.56. The normalized spacial score (nSPS) is 27.7. The summed E-state index contributed by atoms with van der Waals surface area (Å²) < 4.78 is 39.8. The fraction of sp³-hybridized carbons (Fsp3) is 0.647. The Morgan fingerprint density at radius 2 is 1.62 bits per heavy atom. The summed E-state index contributed by atoms with van der Waals surface area (Å²) in [7, 11) is 0. The third kappa shape index (κ3) is 3.25. The zero-order chi connectivity index (χ0) is 15.8. The van der Waals surface area contributed by atoms with Crippen LogP contribution in [0.5, 0.6) is 0 Å². The molecule has 4 heteroatoms. The number of nitrogens with two attached hydrogens (primary N) is 1. The topological polar surface area (TPSA) is 26.0 Å². The Morgan fingerprint density at radius 1 is 1.05 bits per heavy atom. The quantitative estimate of drug-likeness (QED) is 0.838. The molecule has 0 heterocycles. The molecule has 0 bridgehead atoms. The maximum absolute atomic E-state index is 13.3. The van der Waals surface area contributed by atoms with Gasteiger partial charge in [0.2, 0.25) is 0 Å². The average molecular weight is 299 g/mol. The van der Waals surface area contributed by atoms with E-state index < -0.39 is 17.2 Å². The lowest BCUT2D eigenvalue weighted by molar-refractivity contribution is -0.139. The fourth-order valence-electron chi connectivity index (χ4n) is 3.81. The van der Waals surface area contributed by atoms with Crippen LogP contribution in [0.15, 0.2) is 24.3 Å². The number of benzene rings is 1. The zero-order valence-electron chi connectivity index (χ0n) is 12.9. The van der Waals surface area contributed by atoms with E-state index in [9.17, 15) is 13.2 Å². The van der Waals surface area contributed by atoms with Gasteiger partial charge in [0, 0.05) is 6.04 Å².